The number of ether oxygens (including phenoxy) is 2. The van der Waals surface area contributed by atoms with Crippen LogP contribution in [0.4, 0.5) is 29.2 Å². The molecule has 2 heterocycles. The van der Waals surface area contributed by atoms with Gasteiger partial charge in [-0.2, -0.15) is 15.0 Å². The molecule has 0 unspecified atom stereocenters. The van der Waals surface area contributed by atoms with Gasteiger partial charge in [0.05, 0.1) is 24.8 Å². The molecule has 15 nitrogen and oxygen atoms in total. The molecule has 0 amide bonds. The molecule has 240 valence electrons. The van der Waals surface area contributed by atoms with Crippen LogP contribution in [0.3, 0.4) is 0 Å². The minimum atomic E-state index is -0.494. The number of para-hydroxylation sites is 1. The van der Waals surface area contributed by atoms with Crippen LogP contribution < -0.4 is 30.7 Å². The van der Waals surface area contributed by atoms with Crippen LogP contribution in [0.25, 0.3) is 11.0 Å². The third kappa shape index (κ3) is 8.37. The molecule has 1 fully saturated rings. The van der Waals surface area contributed by atoms with Crippen molar-refractivity contribution in [3.8, 4) is 11.5 Å². The zero-order valence-corrected chi connectivity index (χ0v) is 25.7. The Kier molecular flexibility index (Phi) is 11.0. The van der Waals surface area contributed by atoms with E-state index < -0.39 is 4.92 Å². The average molecular weight is 621 g/mol. The second kappa shape index (κ2) is 15.7. The lowest BCUT2D eigenvalue weighted by Crippen LogP contribution is -2.24. The largest absolute Gasteiger partial charge is 0.493 e. The highest BCUT2D eigenvalue weighted by molar-refractivity contribution is 5.93. The number of non-ortho nitro benzene ring substituents is 1. The molecule has 2 aromatic carbocycles. The van der Waals surface area contributed by atoms with Crippen molar-refractivity contribution in [3.05, 3.63) is 46.0 Å². The first-order valence-electron chi connectivity index (χ1n) is 15.4. The van der Waals surface area contributed by atoms with Crippen LogP contribution in [0.15, 0.2) is 35.0 Å². The summed E-state index contributed by atoms with van der Waals surface area (Å²) in [4.78, 5) is 24.6. The van der Waals surface area contributed by atoms with Gasteiger partial charge in [-0.15, -0.1) is 0 Å². The predicted octanol–water partition coefficient (Wildman–Crippen LogP) is 5.77. The molecule has 0 atom stereocenters. The smallest absolute Gasteiger partial charge is 0.300 e. The maximum atomic E-state index is 11.2. The molecule has 0 aliphatic heterocycles. The highest BCUT2D eigenvalue weighted by Crippen LogP contribution is 2.31. The van der Waals surface area contributed by atoms with Crippen molar-refractivity contribution in [1.82, 2.24) is 25.3 Å². The van der Waals surface area contributed by atoms with Crippen LogP contribution in [-0.2, 0) is 6.54 Å². The summed E-state index contributed by atoms with van der Waals surface area (Å²) in [6, 6.07) is 9.17. The van der Waals surface area contributed by atoms with Gasteiger partial charge in [-0.25, -0.2) is 4.63 Å². The van der Waals surface area contributed by atoms with Gasteiger partial charge in [0, 0.05) is 37.3 Å². The normalized spacial score (nSPS) is 13.4. The van der Waals surface area contributed by atoms with Gasteiger partial charge < -0.3 is 30.7 Å². The lowest BCUT2D eigenvalue weighted by Gasteiger charge is -2.23. The molecule has 0 bridgehead atoms. The molecule has 1 aliphatic rings. The fraction of sp³-hybridized carbons (Fsp3) is 0.500. The number of fused-ring (bicyclic) bond motifs is 1. The summed E-state index contributed by atoms with van der Waals surface area (Å²) in [5.41, 5.74) is 1.97. The number of aromatic nitrogens is 5. The van der Waals surface area contributed by atoms with E-state index >= 15 is 0 Å². The van der Waals surface area contributed by atoms with Crippen molar-refractivity contribution in [1.29, 1.82) is 0 Å². The minimum Gasteiger partial charge on any atom is -0.493 e. The number of nitrogens with one attached hydrogen (secondary N) is 4. The summed E-state index contributed by atoms with van der Waals surface area (Å²) in [6.07, 6.45) is 9.78. The van der Waals surface area contributed by atoms with Crippen molar-refractivity contribution >= 4 is 40.3 Å². The first-order chi connectivity index (χ1) is 22.1. The fourth-order valence-corrected chi connectivity index (χ4v) is 5.47. The molecule has 45 heavy (non-hydrogen) atoms. The highest BCUT2D eigenvalue weighted by atomic mass is 16.6. The summed E-state index contributed by atoms with van der Waals surface area (Å²) in [5, 5.41) is 32.2. The quantitative estimate of drug-likeness (QED) is 0.0632. The third-order valence-electron chi connectivity index (χ3n) is 7.79. The van der Waals surface area contributed by atoms with E-state index in [0.717, 1.165) is 50.6 Å². The van der Waals surface area contributed by atoms with Gasteiger partial charge in [0.15, 0.2) is 17.0 Å². The van der Waals surface area contributed by atoms with Crippen LogP contribution in [0, 0.1) is 10.1 Å². The summed E-state index contributed by atoms with van der Waals surface area (Å²) in [5.74, 6) is 2.90. The molecular weight excluding hydrogens is 580 g/mol. The second-order valence-electron chi connectivity index (χ2n) is 10.9. The molecule has 2 aromatic heterocycles. The maximum absolute atomic E-state index is 11.2. The molecule has 15 heteroatoms. The van der Waals surface area contributed by atoms with Gasteiger partial charge in [-0.3, -0.25) is 10.1 Å². The predicted molar refractivity (Wildman–Crippen MR) is 171 cm³/mol. The van der Waals surface area contributed by atoms with Crippen LogP contribution in [0.5, 0.6) is 11.5 Å². The number of benzene rings is 2. The minimum absolute atomic E-state index is 0.126. The van der Waals surface area contributed by atoms with Crippen LogP contribution in [-0.4, -0.2) is 63.5 Å². The fourth-order valence-electron chi connectivity index (χ4n) is 5.47. The number of anilines is 4. The molecule has 1 saturated carbocycles. The van der Waals surface area contributed by atoms with E-state index in [0.29, 0.717) is 59.7 Å². The van der Waals surface area contributed by atoms with Gasteiger partial charge in [-0.1, -0.05) is 44.2 Å². The molecule has 0 saturated heterocycles. The topological polar surface area (TPSA) is 187 Å². The first-order valence-corrected chi connectivity index (χ1v) is 15.4. The number of methoxy groups -OCH3 is 2. The van der Waals surface area contributed by atoms with E-state index in [2.05, 4.69) is 46.5 Å². The van der Waals surface area contributed by atoms with Gasteiger partial charge in [0.1, 0.15) is 0 Å². The van der Waals surface area contributed by atoms with E-state index in [1.807, 2.05) is 18.2 Å². The Morgan fingerprint density at radius 3 is 2.29 bits per heavy atom. The lowest BCUT2D eigenvalue weighted by atomic mass is 9.96. The molecule has 0 radical (unpaired) electrons. The number of unbranched alkanes of at least 4 members (excludes halogenated alkanes) is 3. The van der Waals surface area contributed by atoms with Gasteiger partial charge in [0.25, 0.3) is 0 Å². The number of nitro groups is 1. The molecule has 4 aromatic rings. The lowest BCUT2D eigenvalue weighted by molar-refractivity contribution is -0.383. The van der Waals surface area contributed by atoms with Crippen molar-refractivity contribution in [2.24, 2.45) is 0 Å². The standard InChI is InChI=1S/C30H40N10O5/c1-43-24-14-10-11-20(27(24)44-2)19-33-29-35-28(36-30(37-29)34-21-12-6-5-7-13-21)32-18-9-4-3-8-17-31-22-15-16-23(40(41)42)26-25(22)38-45-39-26/h10-11,14-16,21,31H,3-9,12-13,17-19H2,1-2H3,(H3,32,33,34,35,36,37). The summed E-state index contributed by atoms with van der Waals surface area (Å²) in [6.45, 7) is 1.88. The zero-order valence-electron chi connectivity index (χ0n) is 25.7. The van der Waals surface area contributed by atoms with Crippen molar-refractivity contribution in [3.63, 3.8) is 0 Å². The maximum Gasteiger partial charge on any atom is 0.300 e. The summed E-state index contributed by atoms with van der Waals surface area (Å²) < 4.78 is 15.7. The number of rotatable bonds is 17. The molecule has 4 N–H and O–H groups in total. The Balaban J connectivity index is 1.11. The Labute approximate surface area is 261 Å². The van der Waals surface area contributed by atoms with Gasteiger partial charge in [0.2, 0.25) is 23.4 Å². The molecule has 5 rings (SSSR count). The average Bonchev–Trinajstić information content (AvgIpc) is 3.55. The van der Waals surface area contributed by atoms with Gasteiger partial charge >= 0.3 is 5.69 Å². The van der Waals surface area contributed by atoms with E-state index in [1.54, 1.807) is 20.3 Å². The van der Waals surface area contributed by atoms with E-state index in [9.17, 15) is 10.1 Å². The SMILES string of the molecule is COc1cccc(CNc2nc(NCCCCCCNc3ccc([N+](=O)[O-])c4nonc34)nc(NC3CCCCC3)n2)c1OC. The summed E-state index contributed by atoms with van der Waals surface area (Å²) >= 11 is 0. The van der Waals surface area contributed by atoms with Crippen LogP contribution in [0.2, 0.25) is 0 Å². The van der Waals surface area contributed by atoms with E-state index in [1.165, 1.54) is 25.3 Å². The molecule has 1 aliphatic carbocycles. The number of nitro benzene ring substituents is 1. The van der Waals surface area contributed by atoms with E-state index in [-0.39, 0.29) is 11.2 Å². The van der Waals surface area contributed by atoms with E-state index in [4.69, 9.17) is 14.1 Å². The van der Waals surface area contributed by atoms with Crippen LogP contribution in [0.1, 0.15) is 63.4 Å². The Morgan fingerprint density at radius 1 is 0.844 bits per heavy atom. The molecule has 0 spiro atoms. The Bertz CT molecular complexity index is 1560. The monoisotopic (exact) mass is 620 g/mol. The summed E-state index contributed by atoms with van der Waals surface area (Å²) in [7, 11) is 3.25. The third-order valence-corrected chi connectivity index (χ3v) is 7.79. The van der Waals surface area contributed by atoms with Gasteiger partial charge in [-0.05, 0) is 48.1 Å². The Morgan fingerprint density at radius 2 is 1.56 bits per heavy atom. The van der Waals surface area contributed by atoms with Crippen molar-refractivity contribution in [2.45, 2.75) is 70.4 Å². The molecular formula is C30H40N10O5. The Hall–Kier alpha value is -4.95. The van der Waals surface area contributed by atoms with Crippen molar-refractivity contribution in [2.75, 3.05) is 48.6 Å². The number of nitrogens with zero attached hydrogens (tertiary/aromatic N) is 6. The zero-order chi connectivity index (χ0) is 31.4. The van der Waals surface area contributed by atoms with Crippen molar-refractivity contribution < 1.29 is 19.0 Å². The number of hydrogen-bond donors (Lipinski definition) is 4. The van der Waals surface area contributed by atoms with Crippen LogP contribution >= 0.6 is 0 Å². The second-order valence-corrected chi connectivity index (χ2v) is 10.9. The number of hydrogen-bond acceptors (Lipinski definition) is 14. The first kappa shape index (κ1) is 31.5. The highest BCUT2D eigenvalue weighted by Gasteiger charge is 2.19.